The van der Waals surface area contributed by atoms with Gasteiger partial charge >= 0.3 is 0 Å². The van der Waals surface area contributed by atoms with Crippen LogP contribution in [0.4, 0.5) is 5.69 Å². The summed E-state index contributed by atoms with van der Waals surface area (Å²) >= 11 is 5.93. The van der Waals surface area contributed by atoms with Gasteiger partial charge in [-0.3, -0.25) is 9.10 Å². The maximum Gasteiger partial charge on any atom is 0.264 e. The molecule has 1 aliphatic rings. The molecule has 0 aliphatic heterocycles. The van der Waals surface area contributed by atoms with E-state index in [0.29, 0.717) is 16.3 Å². The lowest BCUT2D eigenvalue weighted by Gasteiger charge is -2.20. The van der Waals surface area contributed by atoms with Gasteiger partial charge in [0.15, 0.2) is 0 Å². The zero-order valence-corrected chi connectivity index (χ0v) is 14.6. The maximum absolute atomic E-state index is 12.8. The molecule has 0 aromatic heterocycles. The minimum Gasteiger partial charge on any atom is -0.349 e. The third kappa shape index (κ3) is 3.55. The third-order valence-corrected chi connectivity index (χ3v) is 5.86. The summed E-state index contributed by atoms with van der Waals surface area (Å²) in [6.07, 6.45) is 1.95. The molecule has 0 bridgehead atoms. The highest BCUT2D eigenvalue weighted by Gasteiger charge is 2.26. The molecule has 2 aromatic carbocycles. The molecule has 0 saturated heterocycles. The zero-order valence-electron chi connectivity index (χ0n) is 13.1. The minimum absolute atomic E-state index is 0.0634. The summed E-state index contributed by atoms with van der Waals surface area (Å²) in [5, 5.41) is 3.30. The van der Waals surface area contributed by atoms with Crippen molar-refractivity contribution in [2.45, 2.75) is 23.8 Å². The Morgan fingerprint density at radius 2 is 1.88 bits per heavy atom. The van der Waals surface area contributed by atoms with E-state index >= 15 is 0 Å². The number of nitrogens with one attached hydrogen (secondary N) is 1. The second-order valence-corrected chi connectivity index (χ2v) is 8.13. The van der Waals surface area contributed by atoms with Crippen LogP contribution in [0.25, 0.3) is 0 Å². The van der Waals surface area contributed by atoms with Gasteiger partial charge in [-0.15, -0.1) is 0 Å². The Morgan fingerprint density at radius 3 is 2.54 bits per heavy atom. The molecule has 7 heteroatoms. The first kappa shape index (κ1) is 16.8. The molecular formula is C17H17ClN2O3S. The van der Waals surface area contributed by atoms with Crippen molar-refractivity contribution >= 4 is 33.2 Å². The highest BCUT2D eigenvalue weighted by atomic mass is 35.5. The Bertz CT molecular complexity index is 879. The fraction of sp³-hybridized carbons (Fsp3) is 0.235. The van der Waals surface area contributed by atoms with Crippen molar-refractivity contribution in [2.24, 2.45) is 0 Å². The zero-order chi connectivity index (χ0) is 17.3. The van der Waals surface area contributed by atoms with Crippen LogP contribution < -0.4 is 9.62 Å². The van der Waals surface area contributed by atoms with Crippen LogP contribution in [0.2, 0.25) is 5.02 Å². The largest absolute Gasteiger partial charge is 0.349 e. The maximum atomic E-state index is 12.8. The molecule has 5 nitrogen and oxygen atoms in total. The van der Waals surface area contributed by atoms with E-state index in [1.165, 1.54) is 19.2 Å². The molecule has 1 N–H and O–H groups in total. The SMILES string of the molecule is CN(c1cccc(Cl)c1)S(=O)(=O)c1cccc(C(=O)NC2CC2)c1. The monoisotopic (exact) mass is 364 g/mol. The molecule has 0 atom stereocenters. The summed E-state index contributed by atoms with van der Waals surface area (Å²) in [6, 6.07) is 12.9. The van der Waals surface area contributed by atoms with Crippen molar-refractivity contribution in [1.29, 1.82) is 0 Å². The number of carbonyl (C=O) groups is 1. The van der Waals surface area contributed by atoms with Crippen LogP contribution in [0.5, 0.6) is 0 Å². The van der Waals surface area contributed by atoms with E-state index in [1.807, 2.05) is 0 Å². The molecule has 1 amide bonds. The Labute approximate surface area is 146 Å². The Morgan fingerprint density at radius 1 is 1.17 bits per heavy atom. The first-order chi connectivity index (χ1) is 11.4. The van der Waals surface area contributed by atoms with Crippen LogP contribution in [-0.2, 0) is 10.0 Å². The van der Waals surface area contributed by atoms with Gasteiger partial charge in [-0.2, -0.15) is 0 Å². The van der Waals surface area contributed by atoms with Crippen molar-refractivity contribution in [1.82, 2.24) is 5.32 Å². The topological polar surface area (TPSA) is 66.5 Å². The fourth-order valence-electron chi connectivity index (χ4n) is 2.26. The smallest absolute Gasteiger partial charge is 0.264 e. The molecule has 1 fully saturated rings. The van der Waals surface area contributed by atoms with Gasteiger partial charge in [0, 0.05) is 23.7 Å². The van der Waals surface area contributed by atoms with Crippen LogP contribution in [0.1, 0.15) is 23.2 Å². The molecule has 1 aliphatic carbocycles. The number of sulfonamides is 1. The predicted molar refractivity (Wildman–Crippen MR) is 94.0 cm³/mol. The quantitative estimate of drug-likeness (QED) is 0.886. The lowest BCUT2D eigenvalue weighted by molar-refractivity contribution is 0.0951. The molecule has 2 aromatic rings. The summed E-state index contributed by atoms with van der Waals surface area (Å²) in [6.45, 7) is 0. The molecule has 3 rings (SSSR count). The molecular weight excluding hydrogens is 348 g/mol. The first-order valence-corrected chi connectivity index (χ1v) is 9.35. The van der Waals surface area contributed by atoms with E-state index in [-0.39, 0.29) is 16.8 Å². The van der Waals surface area contributed by atoms with Gasteiger partial charge in [-0.05, 0) is 49.2 Å². The van der Waals surface area contributed by atoms with Crippen LogP contribution in [0.3, 0.4) is 0 Å². The number of halogens is 1. The van der Waals surface area contributed by atoms with Gasteiger partial charge in [0.05, 0.1) is 10.6 Å². The Hall–Kier alpha value is -2.05. The van der Waals surface area contributed by atoms with Gasteiger partial charge in [0.2, 0.25) is 0 Å². The van der Waals surface area contributed by atoms with E-state index in [0.717, 1.165) is 17.1 Å². The average molecular weight is 365 g/mol. The molecule has 24 heavy (non-hydrogen) atoms. The van der Waals surface area contributed by atoms with Crippen molar-refractivity contribution in [3.8, 4) is 0 Å². The van der Waals surface area contributed by atoms with Crippen LogP contribution in [-0.4, -0.2) is 27.4 Å². The normalized spacial score (nSPS) is 14.2. The van der Waals surface area contributed by atoms with E-state index in [1.54, 1.807) is 36.4 Å². The number of benzene rings is 2. The number of amides is 1. The van der Waals surface area contributed by atoms with Crippen molar-refractivity contribution in [3.63, 3.8) is 0 Å². The Balaban J connectivity index is 1.90. The molecule has 0 unspecified atom stereocenters. The molecule has 1 saturated carbocycles. The van der Waals surface area contributed by atoms with Gasteiger partial charge in [-0.1, -0.05) is 23.7 Å². The summed E-state index contributed by atoms with van der Waals surface area (Å²) in [5.41, 5.74) is 0.790. The van der Waals surface area contributed by atoms with Crippen molar-refractivity contribution in [2.75, 3.05) is 11.4 Å². The molecule has 126 valence electrons. The van der Waals surface area contributed by atoms with Gasteiger partial charge in [0.25, 0.3) is 15.9 Å². The lowest BCUT2D eigenvalue weighted by atomic mass is 10.2. The highest BCUT2D eigenvalue weighted by molar-refractivity contribution is 7.92. The number of rotatable bonds is 5. The second kappa shape index (κ2) is 6.45. The second-order valence-electron chi connectivity index (χ2n) is 5.73. The summed E-state index contributed by atoms with van der Waals surface area (Å²) < 4.78 is 26.8. The molecule has 0 radical (unpaired) electrons. The molecule has 0 heterocycles. The average Bonchev–Trinajstić information content (AvgIpc) is 3.38. The van der Waals surface area contributed by atoms with Crippen LogP contribution >= 0.6 is 11.6 Å². The predicted octanol–water partition coefficient (Wildman–Crippen LogP) is 3.06. The van der Waals surface area contributed by atoms with Gasteiger partial charge in [-0.25, -0.2) is 8.42 Å². The van der Waals surface area contributed by atoms with E-state index in [4.69, 9.17) is 11.6 Å². The van der Waals surface area contributed by atoms with Crippen molar-refractivity contribution in [3.05, 3.63) is 59.1 Å². The summed E-state index contributed by atoms with van der Waals surface area (Å²) in [7, 11) is -2.33. The van der Waals surface area contributed by atoms with Crippen LogP contribution in [0, 0.1) is 0 Å². The number of hydrogen-bond donors (Lipinski definition) is 1. The summed E-state index contributed by atoms with van der Waals surface area (Å²) in [5.74, 6) is -0.250. The van der Waals surface area contributed by atoms with E-state index in [2.05, 4.69) is 5.32 Å². The minimum atomic E-state index is -3.78. The van der Waals surface area contributed by atoms with Gasteiger partial charge in [0.1, 0.15) is 0 Å². The van der Waals surface area contributed by atoms with E-state index in [9.17, 15) is 13.2 Å². The highest BCUT2D eigenvalue weighted by Crippen LogP contribution is 2.25. The van der Waals surface area contributed by atoms with Crippen LogP contribution in [0.15, 0.2) is 53.4 Å². The number of hydrogen-bond acceptors (Lipinski definition) is 3. The lowest BCUT2D eigenvalue weighted by Crippen LogP contribution is -2.28. The first-order valence-electron chi connectivity index (χ1n) is 7.53. The molecule has 0 spiro atoms. The number of nitrogens with zero attached hydrogens (tertiary/aromatic N) is 1. The fourth-order valence-corrected chi connectivity index (χ4v) is 3.68. The number of carbonyl (C=O) groups excluding carboxylic acids is 1. The summed E-state index contributed by atoms with van der Waals surface area (Å²) in [4.78, 5) is 12.2. The van der Waals surface area contributed by atoms with Crippen molar-refractivity contribution < 1.29 is 13.2 Å². The Kier molecular flexibility index (Phi) is 4.51. The van der Waals surface area contributed by atoms with E-state index < -0.39 is 10.0 Å². The third-order valence-electron chi connectivity index (χ3n) is 3.84. The van der Waals surface area contributed by atoms with Gasteiger partial charge < -0.3 is 5.32 Å². The number of anilines is 1. The standard InChI is InChI=1S/C17H17ClN2O3S/c1-20(15-6-3-5-13(18)11-15)24(22,23)16-7-2-4-12(10-16)17(21)19-14-8-9-14/h2-7,10-11,14H,8-9H2,1H3,(H,19,21).